The molecule has 0 aliphatic carbocycles. The third-order valence-corrected chi connectivity index (χ3v) is 3.59. The van der Waals surface area contributed by atoms with Gasteiger partial charge in [0.1, 0.15) is 5.58 Å². The van der Waals surface area contributed by atoms with E-state index in [1.807, 2.05) is 6.92 Å². The van der Waals surface area contributed by atoms with Crippen LogP contribution in [0.2, 0.25) is 0 Å². The van der Waals surface area contributed by atoms with Crippen LogP contribution < -0.4 is 10.7 Å². The molecule has 0 saturated carbocycles. The van der Waals surface area contributed by atoms with Crippen molar-refractivity contribution in [2.24, 2.45) is 0 Å². The van der Waals surface area contributed by atoms with Crippen LogP contribution in [0.1, 0.15) is 21.7 Å². The van der Waals surface area contributed by atoms with Crippen molar-refractivity contribution < 1.29 is 14.3 Å². The minimum atomic E-state index is -0.508. The van der Waals surface area contributed by atoms with Gasteiger partial charge in [-0.25, -0.2) is 0 Å². The number of aryl methyl sites for hydroxylation is 1. The molecule has 0 aliphatic rings. The fourth-order valence-corrected chi connectivity index (χ4v) is 2.30. The molecule has 0 fully saturated rings. The summed E-state index contributed by atoms with van der Waals surface area (Å²) in [5.41, 5.74) is 2.20. The van der Waals surface area contributed by atoms with E-state index < -0.39 is 5.91 Å². The Labute approximate surface area is 132 Å². The minimum Gasteiger partial charge on any atom is -0.451 e. The van der Waals surface area contributed by atoms with Crippen LogP contribution in [0.25, 0.3) is 11.0 Å². The lowest BCUT2D eigenvalue weighted by Gasteiger charge is -2.09. The van der Waals surface area contributed by atoms with E-state index in [0.29, 0.717) is 22.2 Å². The van der Waals surface area contributed by atoms with E-state index in [4.69, 9.17) is 4.42 Å². The molecule has 2 aromatic carbocycles. The zero-order chi connectivity index (χ0) is 16.4. The van der Waals surface area contributed by atoms with Crippen molar-refractivity contribution in [3.8, 4) is 0 Å². The highest BCUT2D eigenvalue weighted by Gasteiger charge is 2.13. The van der Waals surface area contributed by atoms with Gasteiger partial charge in [-0.05, 0) is 36.2 Å². The second kappa shape index (κ2) is 6.06. The number of nitrogens with one attached hydrogen (secondary N) is 1. The Morgan fingerprint density at radius 2 is 1.96 bits per heavy atom. The zero-order valence-corrected chi connectivity index (χ0v) is 12.5. The average molecular weight is 309 g/mol. The van der Waals surface area contributed by atoms with Gasteiger partial charge >= 0.3 is 0 Å². The summed E-state index contributed by atoms with van der Waals surface area (Å²) in [6.45, 7) is 1.72. The zero-order valence-electron chi connectivity index (χ0n) is 12.5. The van der Waals surface area contributed by atoms with Crippen LogP contribution in [-0.4, -0.2) is 11.0 Å². The molecule has 0 spiro atoms. The number of carbonyl (C=O) groups excluding carboxylic acids is 1. The van der Waals surface area contributed by atoms with Crippen molar-refractivity contribution >= 4 is 22.6 Å². The monoisotopic (exact) mass is 309 g/mol. The van der Waals surface area contributed by atoms with E-state index in [-0.39, 0.29) is 17.8 Å². The number of amides is 1. The van der Waals surface area contributed by atoms with Gasteiger partial charge in [-0.2, -0.15) is 0 Å². The summed E-state index contributed by atoms with van der Waals surface area (Å²) in [7, 11) is 0. The van der Waals surface area contributed by atoms with Crippen molar-refractivity contribution in [1.82, 2.24) is 0 Å². The minimum absolute atomic E-state index is 0.0532. The van der Waals surface area contributed by atoms with E-state index in [1.54, 1.807) is 42.5 Å². The van der Waals surface area contributed by atoms with E-state index in [9.17, 15) is 14.7 Å². The maximum atomic E-state index is 12.4. The number of fused-ring (bicyclic) bond motifs is 1. The Bertz CT molecular complexity index is 943. The first-order valence-corrected chi connectivity index (χ1v) is 7.13. The molecule has 3 aromatic rings. The fraction of sp³-hybridized carbons (Fsp3) is 0.111. The molecular weight excluding hydrogens is 294 g/mol. The third kappa shape index (κ3) is 3.00. The molecule has 0 saturated heterocycles. The molecule has 23 heavy (non-hydrogen) atoms. The predicted octanol–water partition coefficient (Wildman–Crippen LogP) is 2.85. The quantitative estimate of drug-likeness (QED) is 0.779. The number of para-hydroxylation sites is 1. The molecule has 3 rings (SSSR count). The Kier molecular flexibility index (Phi) is 3.95. The maximum absolute atomic E-state index is 12.4. The Hall–Kier alpha value is -2.92. The largest absolute Gasteiger partial charge is 0.451 e. The fourth-order valence-electron chi connectivity index (χ4n) is 2.30. The molecule has 1 aromatic heterocycles. The Morgan fingerprint density at radius 3 is 2.74 bits per heavy atom. The number of aliphatic hydroxyl groups excluding tert-OH is 1. The van der Waals surface area contributed by atoms with Gasteiger partial charge in [0.2, 0.25) is 0 Å². The molecule has 1 amide bonds. The van der Waals surface area contributed by atoms with Crippen LogP contribution in [-0.2, 0) is 6.61 Å². The molecule has 0 bridgehead atoms. The van der Waals surface area contributed by atoms with Crippen molar-refractivity contribution in [3.63, 3.8) is 0 Å². The number of aliphatic hydroxyl groups is 1. The predicted molar refractivity (Wildman–Crippen MR) is 87.5 cm³/mol. The lowest BCUT2D eigenvalue weighted by molar-refractivity contribution is 0.0997. The van der Waals surface area contributed by atoms with E-state index in [0.717, 1.165) is 5.56 Å². The van der Waals surface area contributed by atoms with Crippen LogP contribution in [0, 0.1) is 6.92 Å². The molecular formula is C18H15NO4. The number of rotatable bonds is 3. The first-order chi connectivity index (χ1) is 11.1. The molecule has 0 atom stereocenters. The standard InChI is InChI=1S/C18H15NO4/c1-11-6-7-12(10-20)8-14(11)19-18(22)17-9-15(21)13-4-2-3-5-16(13)23-17/h2-9,20H,10H2,1H3,(H,19,22). The number of benzene rings is 2. The molecule has 0 aliphatic heterocycles. The number of hydrogen-bond acceptors (Lipinski definition) is 4. The van der Waals surface area contributed by atoms with Gasteiger partial charge in [0.25, 0.3) is 5.91 Å². The van der Waals surface area contributed by atoms with Gasteiger partial charge in [-0.15, -0.1) is 0 Å². The highest BCUT2D eigenvalue weighted by atomic mass is 16.3. The summed E-state index contributed by atoms with van der Waals surface area (Å²) in [6, 6.07) is 13.2. The lowest BCUT2D eigenvalue weighted by atomic mass is 10.1. The molecule has 2 N–H and O–H groups in total. The summed E-state index contributed by atoms with van der Waals surface area (Å²) in [5.74, 6) is -0.562. The summed E-state index contributed by atoms with van der Waals surface area (Å²) >= 11 is 0. The summed E-state index contributed by atoms with van der Waals surface area (Å²) < 4.78 is 5.51. The van der Waals surface area contributed by atoms with Gasteiger partial charge in [0.05, 0.1) is 12.0 Å². The molecule has 5 heteroatoms. The molecule has 0 unspecified atom stereocenters. The Morgan fingerprint density at radius 1 is 1.17 bits per heavy atom. The second-order valence-corrected chi connectivity index (χ2v) is 5.23. The van der Waals surface area contributed by atoms with Crippen molar-refractivity contribution in [2.45, 2.75) is 13.5 Å². The molecule has 1 heterocycles. The first-order valence-electron chi connectivity index (χ1n) is 7.13. The van der Waals surface area contributed by atoms with Crippen molar-refractivity contribution in [1.29, 1.82) is 0 Å². The topological polar surface area (TPSA) is 79.5 Å². The Balaban J connectivity index is 1.96. The third-order valence-electron chi connectivity index (χ3n) is 3.59. The van der Waals surface area contributed by atoms with Gasteiger partial charge < -0.3 is 14.8 Å². The average Bonchev–Trinajstić information content (AvgIpc) is 2.56. The SMILES string of the molecule is Cc1ccc(CO)cc1NC(=O)c1cc(=O)c2ccccc2o1. The van der Waals surface area contributed by atoms with Crippen LogP contribution in [0.3, 0.4) is 0 Å². The molecule has 116 valence electrons. The highest BCUT2D eigenvalue weighted by Crippen LogP contribution is 2.19. The van der Waals surface area contributed by atoms with E-state index in [2.05, 4.69) is 5.32 Å². The molecule has 0 radical (unpaired) electrons. The normalized spacial score (nSPS) is 10.7. The smallest absolute Gasteiger partial charge is 0.291 e. The second-order valence-electron chi connectivity index (χ2n) is 5.23. The van der Waals surface area contributed by atoms with E-state index in [1.165, 1.54) is 6.07 Å². The van der Waals surface area contributed by atoms with Crippen LogP contribution in [0.15, 0.2) is 57.7 Å². The van der Waals surface area contributed by atoms with Gasteiger partial charge in [0.15, 0.2) is 11.2 Å². The van der Waals surface area contributed by atoms with Crippen LogP contribution in [0.5, 0.6) is 0 Å². The number of carbonyl (C=O) groups is 1. The van der Waals surface area contributed by atoms with Gasteiger partial charge in [-0.1, -0.05) is 24.3 Å². The molecule has 5 nitrogen and oxygen atoms in total. The van der Waals surface area contributed by atoms with Crippen LogP contribution >= 0.6 is 0 Å². The highest BCUT2D eigenvalue weighted by molar-refractivity contribution is 6.03. The number of hydrogen-bond donors (Lipinski definition) is 2. The summed E-state index contributed by atoms with van der Waals surface area (Å²) in [6.07, 6.45) is 0. The van der Waals surface area contributed by atoms with Crippen LogP contribution in [0.4, 0.5) is 5.69 Å². The maximum Gasteiger partial charge on any atom is 0.291 e. The first kappa shape index (κ1) is 15.0. The lowest BCUT2D eigenvalue weighted by Crippen LogP contribution is -2.15. The van der Waals surface area contributed by atoms with E-state index >= 15 is 0 Å². The van der Waals surface area contributed by atoms with Gasteiger partial charge in [0, 0.05) is 11.8 Å². The summed E-state index contributed by atoms with van der Waals surface area (Å²) in [5, 5.41) is 12.3. The number of anilines is 1. The summed E-state index contributed by atoms with van der Waals surface area (Å²) in [4.78, 5) is 24.4. The van der Waals surface area contributed by atoms with Crippen molar-refractivity contribution in [3.05, 3.63) is 75.6 Å². The van der Waals surface area contributed by atoms with Gasteiger partial charge in [-0.3, -0.25) is 9.59 Å². The van der Waals surface area contributed by atoms with Crippen molar-refractivity contribution in [2.75, 3.05) is 5.32 Å².